The Labute approximate surface area is 124 Å². The zero-order valence-electron chi connectivity index (χ0n) is 11.8. The molecule has 1 amide bonds. The minimum Gasteiger partial charge on any atom is -0.384 e. The lowest BCUT2D eigenvalue weighted by atomic mass is 10.0. The number of sulfone groups is 1. The number of carbonyl (C=O) groups excluding carboxylic acids is 1. The van der Waals surface area contributed by atoms with Gasteiger partial charge in [0.05, 0.1) is 11.5 Å². The SMILES string of the molecule is Cc1cc(C(=O)N2CCS(=O)(=O)CC2)ccc1C#CCO. The summed E-state index contributed by atoms with van der Waals surface area (Å²) in [6, 6.07) is 5.17. The largest absolute Gasteiger partial charge is 0.384 e. The summed E-state index contributed by atoms with van der Waals surface area (Å²) in [4.78, 5) is 13.9. The first-order valence-corrected chi connectivity index (χ1v) is 8.45. The van der Waals surface area contributed by atoms with E-state index in [4.69, 9.17) is 5.11 Å². The highest BCUT2D eigenvalue weighted by Gasteiger charge is 2.25. The standard InChI is InChI=1S/C15H17NO4S/c1-12-11-14(5-4-13(12)3-2-8-17)15(18)16-6-9-21(19,20)10-7-16/h4-5,11,17H,6-10H2,1H3. The molecule has 112 valence electrons. The van der Waals surface area contributed by atoms with Gasteiger partial charge in [-0.2, -0.15) is 0 Å². The molecule has 1 aromatic rings. The van der Waals surface area contributed by atoms with Crippen molar-refractivity contribution in [1.29, 1.82) is 0 Å². The fourth-order valence-corrected chi connectivity index (χ4v) is 3.37. The van der Waals surface area contributed by atoms with Crippen LogP contribution in [0, 0.1) is 18.8 Å². The molecule has 0 aromatic heterocycles. The van der Waals surface area contributed by atoms with Crippen LogP contribution in [0.5, 0.6) is 0 Å². The number of benzene rings is 1. The Kier molecular flexibility index (Phi) is 4.66. The molecule has 0 atom stereocenters. The van der Waals surface area contributed by atoms with Gasteiger partial charge in [-0.25, -0.2) is 8.42 Å². The van der Waals surface area contributed by atoms with E-state index in [1.807, 2.05) is 6.92 Å². The van der Waals surface area contributed by atoms with E-state index in [0.29, 0.717) is 5.56 Å². The summed E-state index contributed by atoms with van der Waals surface area (Å²) < 4.78 is 22.8. The van der Waals surface area contributed by atoms with Crippen molar-refractivity contribution in [2.45, 2.75) is 6.92 Å². The molecule has 5 nitrogen and oxygen atoms in total. The highest BCUT2D eigenvalue weighted by Crippen LogP contribution is 2.14. The van der Waals surface area contributed by atoms with Crippen LogP contribution in [0.25, 0.3) is 0 Å². The normalized spacial score (nSPS) is 17.0. The molecule has 2 rings (SSSR count). The first kappa shape index (κ1) is 15.5. The number of aliphatic hydroxyl groups is 1. The van der Waals surface area contributed by atoms with Crippen LogP contribution in [0.2, 0.25) is 0 Å². The summed E-state index contributed by atoms with van der Waals surface area (Å²) in [5, 5.41) is 8.69. The van der Waals surface area contributed by atoms with E-state index in [1.54, 1.807) is 23.1 Å². The molecule has 0 aliphatic carbocycles. The minimum atomic E-state index is -2.99. The number of rotatable bonds is 1. The highest BCUT2D eigenvalue weighted by atomic mass is 32.2. The summed E-state index contributed by atoms with van der Waals surface area (Å²) in [6.07, 6.45) is 0. The van der Waals surface area contributed by atoms with Crippen molar-refractivity contribution >= 4 is 15.7 Å². The van der Waals surface area contributed by atoms with E-state index < -0.39 is 9.84 Å². The van der Waals surface area contributed by atoms with Crippen LogP contribution >= 0.6 is 0 Å². The van der Waals surface area contributed by atoms with Crippen molar-refractivity contribution in [1.82, 2.24) is 4.90 Å². The van der Waals surface area contributed by atoms with Gasteiger partial charge in [0.15, 0.2) is 9.84 Å². The van der Waals surface area contributed by atoms with E-state index in [1.165, 1.54) is 0 Å². The van der Waals surface area contributed by atoms with E-state index in [-0.39, 0.29) is 37.1 Å². The molecule has 1 N–H and O–H groups in total. The van der Waals surface area contributed by atoms with Crippen LogP contribution < -0.4 is 0 Å². The van der Waals surface area contributed by atoms with Gasteiger partial charge in [-0.15, -0.1) is 0 Å². The highest BCUT2D eigenvalue weighted by molar-refractivity contribution is 7.91. The fourth-order valence-electron chi connectivity index (χ4n) is 2.17. The number of nitrogens with zero attached hydrogens (tertiary/aromatic N) is 1. The number of aliphatic hydroxyl groups excluding tert-OH is 1. The molecule has 6 heteroatoms. The molecule has 1 aromatic carbocycles. The molecule has 1 fully saturated rings. The predicted molar refractivity (Wildman–Crippen MR) is 79.7 cm³/mol. The van der Waals surface area contributed by atoms with Gasteiger partial charge < -0.3 is 10.0 Å². The molecule has 0 spiro atoms. The topological polar surface area (TPSA) is 74.7 Å². The molecule has 1 saturated heterocycles. The van der Waals surface area contributed by atoms with Crippen molar-refractivity contribution in [3.63, 3.8) is 0 Å². The monoisotopic (exact) mass is 307 g/mol. The van der Waals surface area contributed by atoms with Crippen molar-refractivity contribution in [2.75, 3.05) is 31.2 Å². The van der Waals surface area contributed by atoms with Gasteiger partial charge in [0.2, 0.25) is 0 Å². The lowest BCUT2D eigenvalue weighted by molar-refractivity contribution is 0.0770. The third-order valence-corrected chi connectivity index (χ3v) is 5.02. The maximum Gasteiger partial charge on any atom is 0.253 e. The van der Waals surface area contributed by atoms with E-state index in [0.717, 1.165) is 11.1 Å². The number of hydrogen-bond donors (Lipinski definition) is 1. The Bertz CT molecular complexity index is 699. The van der Waals surface area contributed by atoms with Crippen molar-refractivity contribution in [2.24, 2.45) is 0 Å². The summed E-state index contributed by atoms with van der Waals surface area (Å²) in [7, 11) is -2.99. The van der Waals surface area contributed by atoms with Crippen LogP contribution in [-0.2, 0) is 9.84 Å². The van der Waals surface area contributed by atoms with Gasteiger partial charge in [0.1, 0.15) is 6.61 Å². The molecule has 0 radical (unpaired) electrons. The van der Waals surface area contributed by atoms with Gasteiger partial charge in [-0.3, -0.25) is 4.79 Å². The Morgan fingerprint density at radius 3 is 2.57 bits per heavy atom. The summed E-state index contributed by atoms with van der Waals surface area (Å²) >= 11 is 0. The summed E-state index contributed by atoms with van der Waals surface area (Å²) in [6.45, 7) is 2.12. The smallest absolute Gasteiger partial charge is 0.253 e. The molecule has 0 saturated carbocycles. The Morgan fingerprint density at radius 1 is 1.33 bits per heavy atom. The zero-order chi connectivity index (χ0) is 15.5. The Balaban J connectivity index is 2.15. The maximum atomic E-state index is 12.3. The molecule has 1 heterocycles. The fraction of sp³-hybridized carbons (Fsp3) is 0.400. The first-order valence-electron chi connectivity index (χ1n) is 6.63. The van der Waals surface area contributed by atoms with Crippen LogP contribution in [0.3, 0.4) is 0 Å². The average Bonchev–Trinajstić information content (AvgIpc) is 2.45. The van der Waals surface area contributed by atoms with E-state index in [9.17, 15) is 13.2 Å². The molecule has 21 heavy (non-hydrogen) atoms. The summed E-state index contributed by atoms with van der Waals surface area (Å²) in [5.41, 5.74) is 2.15. The van der Waals surface area contributed by atoms with Gasteiger partial charge >= 0.3 is 0 Å². The van der Waals surface area contributed by atoms with Crippen molar-refractivity contribution in [3.8, 4) is 11.8 Å². The van der Waals surface area contributed by atoms with Crippen molar-refractivity contribution in [3.05, 3.63) is 34.9 Å². The molecular formula is C15H17NO4S. The molecule has 1 aliphatic rings. The van der Waals surface area contributed by atoms with Gasteiger partial charge in [-0.1, -0.05) is 11.8 Å². The number of carbonyl (C=O) groups is 1. The second-order valence-corrected chi connectivity index (χ2v) is 7.24. The van der Waals surface area contributed by atoms with Crippen LogP contribution in [0.1, 0.15) is 21.5 Å². The zero-order valence-corrected chi connectivity index (χ0v) is 12.6. The van der Waals surface area contributed by atoms with E-state index >= 15 is 0 Å². The van der Waals surface area contributed by atoms with Gasteiger partial charge in [-0.05, 0) is 30.7 Å². The van der Waals surface area contributed by atoms with Crippen LogP contribution in [0.4, 0.5) is 0 Å². The van der Waals surface area contributed by atoms with Gasteiger partial charge in [0, 0.05) is 24.2 Å². The average molecular weight is 307 g/mol. The number of amides is 1. The first-order chi connectivity index (χ1) is 9.93. The Morgan fingerprint density at radius 2 is 2.00 bits per heavy atom. The lowest BCUT2D eigenvalue weighted by Crippen LogP contribution is -2.43. The maximum absolute atomic E-state index is 12.3. The lowest BCUT2D eigenvalue weighted by Gasteiger charge is -2.26. The van der Waals surface area contributed by atoms with Crippen LogP contribution in [0.15, 0.2) is 18.2 Å². The quantitative estimate of drug-likeness (QED) is 0.753. The van der Waals surface area contributed by atoms with Gasteiger partial charge in [0.25, 0.3) is 5.91 Å². The van der Waals surface area contributed by atoms with Crippen molar-refractivity contribution < 1.29 is 18.3 Å². The second-order valence-electron chi connectivity index (χ2n) is 4.93. The van der Waals surface area contributed by atoms with E-state index in [2.05, 4.69) is 11.8 Å². The summed E-state index contributed by atoms with van der Waals surface area (Å²) in [5.74, 6) is 5.28. The molecule has 0 unspecified atom stereocenters. The second kappa shape index (κ2) is 6.29. The number of aryl methyl sites for hydroxylation is 1. The number of hydrogen-bond acceptors (Lipinski definition) is 4. The minimum absolute atomic E-state index is 0.0256. The third kappa shape index (κ3) is 3.84. The molecular weight excluding hydrogens is 290 g/mol. The molecule has 0 bridgehead atoms. The Hall–Kier alpha value is -1.84. The van der Waals surface area contributed by atoms with Crippen LogP contribution in [-0.4, -0.2) is 55.5 Å². The molecule has 1 aliphatic heterocycles. The third-order valence-electron chi connectivity index (χ3n) is 3.41. The predicted octanol–water partition coefficient (Wildman–Crippen LogP) is 0.209.